The smallest absolute Gasteiger partial charge is 0.135 e. The van der Waals surface area contributed by atoms with Gasteiger partial charge >= 0.3 is 0 Å². The van der Waals surface area contributed by atoms with Crippen molar-refractivity contribution in [1.82, 2.24) is 9.80 Å². The summed E-state index contributed by atoms with van der Waals surface area (Å²) in [4.78, 5) is 5.13. The van der Waals surface area contributed by atoms with Gasteiger partial charge in [0.25, 0.3) is 0 Å². The fraction of sp³-hybridized carbons (Fsp3) is 0.700. The monoisotopic (exact) mass is 745 g/mol. The van der Waals surface area contributed by atoms with Crippen LogP contribution in [0, 0.1) is 11.8 Å². The maximum atomic E-state index is 9.82. The number of hydrogen-bond acceptors (Lipinski definition) is 9. The second-order valence-corrected chi connectivity index (χ2v) is 16.0. The minimum atomic E-state index is 0. The van der Waals surface area contributed by atoms with Gasteiger partial charge in [-0.1, -0.05) is 24.3 Å². The van der Waals surface area contributed by atoms with E-state index >= 15 is 0 Å². The second kappa shape index (κ2) is 14.5. The Bertz CT molecular complexity index is 1480. The molecule has 0 amide bonds. The summed E-state index contributed by atoms with van der Waals surface area (Å²) in [6.45, 7) is 8.00. The summed E-state index contributed by atoms with van der Waals surface area (Å²) in [7, 11) is 4.57. The van der Waals surface area contributed by atoms with E-state index in [1.807, 2.05) is 0 Å². The predicted octanol–water partition coefficient (Wildman–Crippen LogP) is 5.03. The maximum Gasteiger partial charge on any atom is 0.135 e. The third kappa shape index (κ3) is 5.27. The van der Waals surface area contributed by atoms with Crippen molar-refractivity contribution in [1.29, 1.82) is 0 Å². The van der Waals surface area contributed by atoms with Gasteiger partial charge in [0, 0.05) is 58.4 Å². The van der Waals surface area contributed by atoms with Gasteiger partial charge < -0.3 is 39.0 Å². The van der Waals surface area contributed by atoms with E-state index in [1.165, 1.54) is 35.1 Å². The highest BCUT2D eigenvalue weighted by Crippen LogP contribution is 2.64. The molecular formula is C40H57Cl2N3O6. The highest BCUT2D eigenvalue weighted by atomic mass is 35.5. The number of nitrogens with zero attached hydrogens (tertiary/aromatic N) is 2. The van der Waals surface area contributed by atoms with Crippen LogP contribution >= 0.6 is 24.2 Å². The Morgan fingerprint density at radius 1 is 0.725 bits per heavy atom. The van der Waals surface area contributed by atoms with Crippen molar-refractivity contribution in [3.8, 4) is 11.5 Å². The van der Waals surface area contributed by atoms with Crippen LogP contribution in [0.1, 0.15) is 85.8 Å². The van der Waals surface area contributed by atoms with Crippen LogP contribution in [0.25, 0.3) is 0 Å². The first-order valence-corrected chi connectivity index (χ1v) is 19.6. The fourth-order valence-electron chi connectivity index (χ4n) is 12.5. The van der Waals surface area contributed by atoms with Gasteiger partial charge in [-0.15, -0.1) is 12.4 Å². The van der Waals surface area contributed by atoms with Gasteiger partial charge in [0.15, 0.2) is 0 Å². The molecule has 2 aromatic rings. The summed E-state index contributed by atoms with van der Waals surface area (Å²) in [5.74, 6) is 3.28. The van der Waals surface area contributed by atoms with Gasteiger partial charge in [-0.05, 0) is 127 Å². The summed E-state index contributed by atoms with van der Waals surface area (Å²) in [5, 5.41) is 23.6. The van der Waals surface area contributed by atoms with Crippen molar-refractivity contribution in [2.75, 3.05) is 40.4 Å². The number of halogens is 2. The molecule has 4 heterocycles. The third-order valence-corrected chi connectivity index (χ3v) is 14.4. The molecule has 4 aliphatic heterocycles. The molecule has 4 bridgehead atoms. The average molecular weight is 747 g/mol. The zero-order valence-corrected chi connectivity index (χ0v) is 32.2. The van der Waals surface area contributed by atoms with E-state index in [1.54, 1.807) is 0 Å². The number of benzene rings is 2. The van der Waals surface area contributed by atoms with Crippen LogP contribution in [0.5, 0.6) is 11.5 Å². The normalized spacial score (nSPS) is 37.3. The second-order valence-electron chi connectivity index (χ2n) is 16.0. The van der Waals surface area contributed by atoms with E-state index in [0.717, 1.165) is 87.5 Å². The predicted molar refractivity (Wildman–Crippen MR) is 200 cm³/mol. The average Bonchev–Trinajstić information content (AvgIpc) is 3.68. The molecule has 2 saturated heterocycles. The van der Waals surface area contributed by atoms with Crippen LogP contribution < -0.4 is 14.7 Å². The van der Waals surface area contributed by atoms with E-state index in [9.17, 15) is 10.2 Å². The van der Waals surface area contributed by atoms with Crippen molar-refractivity contribution < 1.29 is 29.2 Å². The minimum Gasteiger partial charge on any atom is -0.486 e. The van der Waals surface area contributed by atoms with Crippen LogP contribution in [-0.2, 0) is 46.4 Å². The van der Waals surface area contributed by atoms with Crippen molar-refractivity contribution >= 4 is 24.2 Å². The van der Waals surface area contributed by atoms with Crippen LogP contribution in [-0.4, -0.2) is 96.9 Å². The molecule has 10 rings (SSSR count). The summed E-state index contributed by atoms with van der Waals surface area (Å²) in [6.07, 6.45) is 9.76. The maximum absolute atomic E-state index is 9.82. The van der Waals surface area contributed by atoms with Crippen molar-refractivity contribution in [2.24, 2.45) is 17.1 Å². The number of likely N-dealkylation sites (N-methyl/N-ethyl adjacent to an activating group) is 2. The molecule has 10 atom stereocenters. The number of likely N-dealkylation sites (tertiary alicyclic amines) is 2. The third-order valence-electron chi connectivity index (χ3n) is 14.4. The molecule has 9 nitrogen and oxygen atoms in total. The van der Waals surface area contributed by atoms with E-state index in [0.29, 0.717) is 23.9 Å². The zero-order chi connectivity index (χ0) is 34.9. The van der Waals surface area contributed by atoms with Crippen LogP contribution in [0.3, 0.4) is 0 Å². The molecule has 4 fully saturated rings. The first kappa shape index (κ1) is 37.6. The summed E-state index contributed by atoms with van der Waals surface area (Å²) >= 11 is 4.14. The number of aliphatic hydroxyl groups is 2. The molecule has 6 unspecified atom stereocenters. The van der Waals surface area contributed by atoms with Crippen LogP contribution in [0.4, 0.5) is 0 Å². The van der Waals surface area contributed by atoms with E-state index < -0.39 is 0 Å². The molecule has 8 aliphatic rings. The van der Waals surface area contributed by atoms with Gasteiger partial charge in [-0.25, -0.2) is 5.25 Å². The number of aliphatic hydroxyl groups excluding tert-OH is 2. The lowest BCUT2D eigenvalue weighted by molar-refractivity contribution is -0.120. The van der Waals surface area contributed by atoms with Gasteiger partial charge in [0.1, 0.15) is 23.7 Å². The summed E-state index contributed by atoms with van der Waals surface area (Å²) in [5.41, 5.74) is 7.83. The quantitative estimate of drug-likeness (QED) is 0.351. The lowest BCUT2D eigenvalue weighted by Gasteiger charge is -2.58. The molecule has 0 radical (unpaired) electrons. The largest absolute Gasteiger partial charge is 0.486 e. The lowest BCUT2D eigenvalue weighted by atomic mass is 9.51. The molecule has 2 saturated carbocycles. The zero-order valence-electron chi connectivity index (χ0n) is 30.6. The van der Waals surface area contributed by atoms with Crippen LogP contribution in [0.15, 0.2) is 24.3 Å². The van der Waals surface area contributed by atoms with Gasteiger partial charge in [0.05, 0.1) is 25.4 Å². The number of hydrogen-bond donors (Lipinski definition) is 3. The van der Waals surface area contributed by atoms with Crippen LogP contribution in [0.2, 0.25) is 0 Å². The Morgan fingerprint density at radius 3 is 1.51 bits per heavy atom. The molecular weight excluding hydrogens is 689 g/mol. The minimum absolute atomic E-state index is 0. The standard InChI is InChI=1S/2C20H27NO3.ClH2N.ClH/c2*1-3-23-16-7-6-14-15-10-12-4-5-13(11-22)18-17(12)20(14,19(16)24-18)8-9-21(15)2;1-2;/h2*4-5,14-16,19,22H,3,6-11H2,1-2H3;2H2;1H/t2*14?,15?,16-,19?,20-;;/m00../s1. The Hall–Kier alpha value is -1.66. The first-order chi connectivity index (χ1) is 24.4. The highest BCUT2D eigenvalue weighted by Gasteiger charge is 2.67. The number of nitrogens with two attached hydrogens (primary N) is 1. The van der Waals surface area contributed by atoms with Gasteiger partial charge in [0.2, 0.25) is 0 Å². The number of rotatable bonds is 6. The van der Waals surface area contributed by atoms with E-state index in [4.69, 9.17) is 18.9 Å². The summed E-state index contributed by atoms with van der Waals surface area (Å²) in [6, 6.07) is 9.84. The van der Waals surface area contributed by atoms with Crippen molar-refractivity contribution in [3.63, 3.8) is 0 Å². The molecule has 0 aromatic heterocycles. The Morgan fingerprint density at radius 2 is 1.14 bits per heavy atom. The van der Waals surface area contributed by atoms with Gasteiger partial charge in [-0.2, -0.15) is 0 Å². The molecule has 4 aliphatic carbocycles. The molecule has 51 heavy (non-hydrogen) atoms. The molecule has 2 aromatic carbocycles. The highest BCUT2D eigenvalue weighted by molar-refractivity contribution is 6.11. The number of ether oxygens (including phenoxy) is 4. The Balaban J connectivity index is 0.000000149. The first-order valence-electron chi connectivity index (χ1n) is 19.1. The molecule has 282 valence electrons. The van der Waals surface area contributed by atoms with Crippen molar-refractivity contribution in [3.05, 3.63) is 57.6 Å². The SMILES string of the molecule is CCO[C@H]1CCC2C3Cc4ccc(CO)c5c4[C@@]2(CCN3C)C1O5.CCO[C@H]1CCC2C3Cc4ccc(CO)c5c4[C@@]2(CCN3C)C1O5.Cl.NCl. The Labute approximate surface area is 314 Å². The summed E-state index contributed by atoms with van der Waals surface area (Å²) < 4.78 is 25.4. The van der Waals surface area contributed by atoms with E-state index in [-0.39, 0.29) is 60.9 Å². The lowest BCUT2D eigenvalue weighted by Crippen LogP contribution is -2.66. The Kier molecular flexibility index (Phi) is 10.7. The topological polar surface area (TPSA) is 110 Å². The molecule has 4 N–H and O–H groups in total. The van der Waals surface area contributed by atoms with E-state index in [2.05, 4.69) is 79.0 Å². The van der Waals surface area contributed by atoms with Crippen molar-refractivity contribution in [2.45, 2.75) is 126 Å². The fourth-order valence-corrected chi connectivity index (χ4v) is 12.5. The van der Waals surface area contributed by atoms with Gasteiger partial charge in [-0.3, -0.25) is 0 Å². The molecule has 11 heteroatoms. The molecule has 2 spiro atoms. The number of piperidine rings is 2.